The fourth-order valence-corrected chi connectivity index (χ4v) is 2.73. The molecule has 22 heavy (non-hydrogen) atoms. The van der Waals surface area contributed by atoms with Crippen molar-refractivity contribution in [1.29, 1.82) is 0 Å². The third kappa shape index (κ3) is 1.95. The van der Waals surface area contributed by atoms with Gasteiger partial charge in [-0.15, -0.1) is 0 Å². The number of para-hydroxylation sites is 2. The highest BCUT2D eigenvalue weighted by Crippen LogP contribution is 2.23. The van der Waals surface area contributed by atoms with Gasteiger partial charge in [0.2, 0.25) is 0 Å². The number of aromatic nitrogens is 2. The van der Waals surface area contributed by atoms with Crippen LogP contribution >= 0.6 is 0 Å². The summed E-state index contributed by atoms with van der Waals surface area (Å²) in [6.07, 6.45) is 3.36. The van der Waals surface area contributed by atoms with Crippen LogP contribution in [0.2, 0.25) is 0 Å². The van der Waals surface area contributed by atoms with Gasteiger partial charge in [-0.1, -0.05) is 36.4 Å². The first-order valence-electron chi connectivity index (χ1n) is 7.07. The van der Waals surface area contributed by atoms with Crippen LogP contribution in [-0.4, -0.2) is 15.8 Å². The summed E-state index contributed by atoms with van der Waals surface area (Å²) in [6.45, 7) is 0. The molecule has 0 aliphatic heterocycles. The van der Waals surface area contributed by atoms with Crippen LogP contribution in [-0.2, 0) is 0 Å². The molecule has 0 saturated carbocycles. The number of pyridine rings is 2. The Hall–Kier alpha value is -3.07. The number of hydrogen-bond donors (Lipinski definition) is 0. The Balaban J connectivity index is 1.97. The van der Waals surface area contributed by atoms with E-state index in [1.807, 2.05) is 48.5 Å². The minimum Gasteiger partial charge on any atom is -0.289 e. The van der Waals surface area contributed by atoms with Crippen molar-refractivity contribution in [2.45, 2.75) is 0 Å². The molecule has 0 radical (unpaired) electrons. The second-order valence-electron chi connectivity index (χ2n) is 5.08. The molecule has 0 amide bonds. The number of benzene rings is 2. The van der Waals surface area contributed by atoms with Crippen LogP contribution in [0.5, 0.6) is 0 Å². The van der Waals surface area contributed by atoms with Gasteiger partial charge in [0.05, 0.1) is 11.0 Å². The molecule has 2 aromatic heterocycles. The summed E-state index contributed by atoms with van der Waals surface area (Å²) in [5, 5.41) is 1.74. The van der Waals surface area contributed by atoms with Gasteiger partial charge in [-0.25, -0.2) is 0 Å². The van der Waals surface area contributed by atoms with E-state index in [0.29, 0.717) is 11.1 Å². The molecule has 3 heteroatoms. The van der Waals surface area contributed by atoms with Gasteiger partial charge in [0.25, 0.3) is 0 Å². The average Bonchev–Trinajstić information content (AvgIpc) is 2.60. The summed E-state index contributed by atoms with van der Waals surface area (Å²) in [6, 6.07) is 18.9. The summed E-state index contributed by atoms with van der Waals surface area (Å²) in [7, 11) is 0. The van der Waals surface area contributed by atoms with E-state index in [-0.39, 0.29) is 5.78 Å². The number of nitrogens with zero attached hydrogens (tertiary/aromatic N) is 2. The lowest BCUT2D eigenvalue weighted by molar-refractivity contribution is 0.104. The fourth-order valence-electron chi connectivity index (χ4n) is 2.73. The molecule has 0 aliphatic rings. The normalized spacial score (nSPS) is 10.9. The molecule has 2 aromatic carbocycles. The third-order valence-electron chi connectivity index (χ3n) is 3.79. The van der Waals surface area contributed by atoms with Crippen LogP contribution in [0, 0.1) is 0 Å². The van der Waals surface area contributed by atoms with Crippen LogP contribution < -0.4 is 0 Å². The quantitative estimate of drug-likeness (QED) is 0.522. The lowest BCUT2D eigenvalue weighted by Crippen LogP contribution is -2.04. The van der Waals surface area contributed by atoms with E-state index < -0.39 is 0 Å². The molecule has 104 valence electrons. The first-order valence-corrected chi connectivity index (χ1v) is 7.07. The third-order valence-corrected chi connectivity index (χ3v) is 3.79. The van der Waals surface area contributed by atoms with Crippen molar-refractivity contribution in [2.24, 2.45) is 0 Å². The standard InChI is InChI=1S/C19H12N2O/c22-19(15-9-11-20-17-7-3-1-5-13(15)17)16-10-12-21-18-8-4-2-6-14(16)18/h1-12H. The molecule has 4 aromatic rings. The largest absolute Gasteiger partial charge is 0.289 e. The van der Waals surface area contributed by atoms with E-state index in [4.69, 9.17) is 0 Å². The maximum absolute atomic E-state index is 13.0. The maximum Gasteiger partial charge on any atom is 0.194 e. The van der Waals surface area contributed by atoms with Crippen molar-refractivity contribution < 1.29 is 4.79 Å². The lowest BCUT2D eigenvalue weighted by Gasteiger charge is -2.07. The number of rotatable bonds is 2. The van der Waals surface area contributed by atoms with Gasteiger partial charge in [-0.05, 0) is 24.3 Å². The van der Waals surface area contributed by atoms with Crippen molar-refractivity contribution in [3.63, 3.8) is 0 Å². The van der Waals surface area contributed by atoms with Crippen molar-refractivity contribution in [1.82, 2.24) is 9.97 Å². The number of hydrogen-bond acceptors (Lipinski definition) is 3. The predicted molar refractivity (Wildman–Crippen MR) is 86.9 cm³/mol. The van der Waals surface area contributed by atoms with Gasteiger partial charge in [0.15, 0.2) is 5.78 Å². The number of fused-ring (bicyclic) bond motifs is 2. The van der Waals surface area contributed by atoms with E-state index in [9.17, 15) is 4.79 Å². The zero-order chi connectivity index (χ0) is 14.9. The molecule has 3 nitrogen and oxygen atoms in total. The van der Waals surface area contributed by atoms with Crippen molar-refractivity contribution in [2.75, 3.05) is 0 Å². The molecular formula is C19H12N2O. The van der Waals surface area contributed by atoms with Crippen LogP contribution in [0.15, 0.2) is 73.1 Å². The molecule has 2 heterocycles. The maximum atomic E-state index is 13.0. The monoisotopic (exact) mass is 284 g/mol. The summed E-state index contributed by atoms with van der Waals surface area (Å²) < 4.78 is 0. The van der Waals surface area contributed by atoms with Crippen LogP contribution in [0.1, 0.15) is 15.9 Å². The Bertz CT molecular complexity index is 916. The molecule has 0 atom stereocenters. The Morgan fingerprint density at radius 1 is 0.636 bits per heavy atom. The molecule has 0 spiro atoms. The van der Waals surface area contributed by atoms with E-state index in [2.05, 4.69) is 9.97 Å². The highest BCUT2D eigenvalue weighted by molar-refractivity contribution is 6.20. The molecular weight excluding hydrogens is 272 g/mol. The molecule has 4 rings (SSSR count). The highest BCUT2D eigenvalue weighted by Gasteiger charge is 2.15. The number of carbonyl (C=O) groups is 1. The van der Waals surface area contributed by atoms with Gasteiger partial charge in [-0.2, -0.15) is 0 Å². The summed E-state index contributed by atoms with van der Waals surface area (Å²) in [5.74, 6) is -0.00259. The van der Waals surface area contributed by atoms with E-state index >= 15 is 0 Å². The number of ketones is 1. The molecule has 0 N–H and O–H groups in total. The summed E-state index contributed by atoms with van der Waals surface area (Å²) in [5.41, 5.74) is 2.99. The van der Waals surface area contributed by atoms with Crippen LogP contribution in [0.4, 0.5) is 0 Å². The molecule has 0 bridgehead atoms. The average molecular weight is 284 g/mol. The van der Waals surface area contributed by atoms with Gasteiger partial charge in [0.1, 0.15) is 0 Å². The summed E-state index contributed by atoms with van der Waals surface area (Å²) in [4.78, 5) is 21.7. The predicted octanol–water partition coefficient (Wildman–Crippen LogP) is 4.01. The second kappa shape index (κ2) is 5.04. The zero-order valence-electron chi connectivity index (χ0n) is 11.7. The van der Waals surface area contributed by atoms with E-state index in [0.717, 1.165) is 21.8 Å². The van der Waals surface area contributed by atoms with Crippen molar-refractivity contribution in [3.8, 4) is 0 Å². The van der Waals surface area contributed by atoms with Gasteiger partial charge in [0, 0.05) is 34.3 Å². The minimum atomic E-state index is -0.00259. The molecule has 0 unspecified atom stereocenters. The second-order valence-corrected chi connectivity index (χ2v) is 5.08. The Labute approximate surface area is 127 Å². The molecule has 0 fully saturated rings. The minimum absolute atomic E-state index is 0.00259. The Morgan fingerprint density at radius 3 is 1.59 bits per heavy atom. The van der Waals surface area contributed by atoms with Gasteiger partial charge < -0.3 is 0 Å². The zero-order valence-corrected chi connectivity index (χ0v) is 11.7. The van der Waals surface area contributed by atoms with Crippen molar-refractivity contribution in [3.05, 3.63) is 84.2 Å². The number of carbonyl (C=O) groups excluding carboxylic acids is 1. The molecule has 0 aliphatic carbocycles. The lowest BCUT2D eigenvalue weighted by atomic mass is 9.97. The van der Waals surface area contributed by atoms with Crippen molar-refractivity contribution >= 4 is 27.6 Å². The topological polar surface area (TPSA) is 42.9 Å². The van der Waals surface area contributed by atoms with E-state index in [1.165, 1.54) is 0 Å². The van der Waals surface area contributed by atoms with Crippen LogP contribution in [0.3, 0.4) is 0 Å². The SMILES string of the molecule is O=C(c1ccnc2ccccc12)c1ccnc2ccccc12. The van der Waals surface area contributed by atoms with E-state index in [1.54, 1.807) is 24.5 Å². The van der Waals surface area contributed by atoms with Gasteiger partial charge in [-0.3, -0.25) is 14.8 Å². The Kier molecular flexibility index (Phi) is 2.90. The fraction of sp³-hybridized carbons (Fsp3) is 0. The molecule has 0 saturated heterocycles. The smallest absolute Gasteiger partial charge is 0.194 e. The Morgan fingerprint density at radius 2 is 1.09 bits per heavy atom. The first kappa shape index (κ1) is 12.7. The van der Waals surface area contributed by atoms with Crippen LogP contribution in [0.25, 0.3) is 21.8 Å². The highest BCUT2D eigenvalue weighted by atomic mass is 16.1. The first-order chi connectivity index (χ1) is 10.8. The van der Waals surface area contributed by atoms with Gasteiger partial charge >= 0.3 is 0 Å². The summed E-state index contributed by atoms with van der Waals surface area (Å²) >= 11 is 0.